The second-order valence-electron chi connectivity index (χ2n) is 7.07. The first-order valence-electron chi connectivity index (χ1n) is 9.97. The summed E-state index contributed by atoms with van der Waals surface area (Å²) in [7, 11) is 0. The van der Waals surface area contributed by atoms with Crippen molar-refractivity contribution >= 4 is 23.8 Å². The van der Waals surface area contributed by atoms with Gasteiger partial charge in [-0.1, -0.05) is 73.3 Å². The van der Waals surface area contributed by atoms with E-state index in [9.17, 15) is 14.4 Å². The second kappa shape index (κ2) is 12.0. The second-order valence-corrected chi connectivity index (χ2v) is 7.07. The molecule has 1 unspecified atom stereocenters. The molecule has 0 aliphatic heterocycles. The first kappa shape index (κ1) is 23.5. The van der Waals surface area contributed by atoms with Gasteiger partial charge in [0.15, 0.2) is 5.78 Å². The molecule has 2 aromatic rings. The molecule has 2 atom stereocenters. The number of allylic oxidation sites excluding steroid dienone is 1. The van der Waals surface area contributed by atoms with Crippen molar-refractivity contribution in [2.75, 3.05) is 0 Å². The summed E-state index contributed by atoms with van der Waals surface area (Å²) < 4.78 is 0. The molecule has 160 valence electrons. The average molecular weight is 418 g/mol. The molecule has 6 nitrogen and oxygen atoms in total. The van der Waals surface area contributed by atoms with Crippen molar-refractivity contribution in [2.45, 2.75) is 31.8 Å². The third-order valence-electron chi connectivity index (χ3n) is 4.74. The summed E-state index contributed by atoms with van der Waals surface area (Å²) in [6.07, 6.45) is 4.22. The Hall–Kier alpha value is -3.80. The first-order chi connectivity index (χ1) is 14.9. The van der Waals surface area contributed by atoms with Crippen LogP contribution in [0.5, 0.6) is 0 Å². The van der Waals surface area contributed by atoms with Gasteiger partial charge in [0, 0.05) is 18.2 Å². The van der Waals surface area contributed by atoms with Crippen molar-refractivity contribution in [1.29, 1.82) is 5.41 Å². The first-order valence-corrected chi connectivity index (χ1v) is 9.97. The van der Waals surface area contributed by atoms with Crippen LogP contribution in [-0.2, 0) is 27.2 Å². The van der Waals surface area contributed by atoms with Crippen molar-refractivity contribution in [3.63, 3.8) is 0 Å². The third-order valence-corrected chi connectivity index (χ3v) is 4.74. The van der Waals surface area contributed by atoms with E-state index in [1.165, 1.54) is 19.1 Å². The zero-order valence-electron chi connectivity index (χ0n) is 17.5. The molecule has 31 heavy (non-hydrogen) atoms. The monoisotopic (exact) mass is 417 g/mol. The summed E-state index contributed by atoms with van der Waals surface area (Å²) in [5.74, 6) is -1.14. The highest BCUT2D eigenvalue weighted by atomic mass is 16.2. The van der Waals surface area contributed by atoms with Crippen molar-refractivity contribution in [3.8, 4) is 0 Å². The lowest BCUT2D eigenvalue weighted by Crippen LogP contribution is -2.52. The maximum atomic E-state index is 13.1. The van der Waals surface area contributed by atoms with E-state index in [1.807, 2.05) is 60.7 Å². The summed E-state index contributed by atoms with van der Waals surface area (Å²) in [6, 6.07) is 17.1. The Balaban J connectivity index is 2.21. The zero-order chi connectivity index (χ0) is 22.6. The number of Topliss-reactive ketones (excluding diaryl/α,β-unsaturated/α-hetero) is 1. The Bertz CT molecular complexity index is 952. The SMILES string of the molecule is C=C/C(=C\C=N)C(=O)NC(Cc1ccccc1)C(=O)N[C@@H](Cc1ccccc1)C(C)=O. The van der Waals surface area contributed by atoms with Gasteiger partial charge in [-0.05, 0) is 30.5 Å². The normalized spacial score (nSPS) is 12.9. The Kier molecular flexibility index (Phi) is 9.11. The van der Waals surface area contributed by atoms with Gasteiger partial charge >= 0.3 is 0 Å². The quantitative estimate of drug-likeness (QED) is 0.298. The van der Waals surface area contributed by atoms with Crippen molar-refractivity contribution in [2.24, 2.45) is 0 Å². The summed E-state index contributed by atoms with van der Waals surface area (Å²) >= 11 is 0. The number of ketones is 1. The molecule has 0 saturated heterocycles. The topological polar surface area (TPSA) is 99.1 Å². The number of carbonyl (C=O) groups is 3. The molecule has 0 aliphatic rings. The number of carbonyl (C=O) groups excluding carboxylic acids is 3. The molecule has 0 heterocycles. The number of amides is 2. The van der Waals surface area contributed by atoms with Gasteiger partial charge in [0.2, 0.25) is 5.91 Å². The number of rotatable bonds is 11. The van der Waals surface area contributed by atoms with Gasteiger partial charge in [0.05, 0.1) is 6.04 Å². The van der Waals surface area contributed by atoms with Crippen LogP contribution < -0.4 is 10.6 Å². The van der Waals surface area contributed by atoms with Gasteiger partial charge in [-0.2, -0.15) is 0 Å². The minimum absolute atomic E-state index is 0.169. The van der Waals surface area contributed by atoms with Crippen molar-refractivity contribution < 1.29 is 14.4 Å². The molecule has 2 amide bonds. The molecule has 2 aromatic carbocycles. The molecule has 0 saturated carbocycles. The van der Waals surface area contributed by atoms with Crippen LogP contribution in [0.3, 0.4) is 0 Å². The lowest BCUT2D eigenvalue weighted by molar-refractivity contribution is -0.130. The van der Waals surface area contributed by atoms with E-state index in [0.717, 1.165) is 17.3 Å². The molecule has 6 heteroatoms. The third kappa shape index (κ3) is 7.51. The van der Waals surface area contributed by atoms with Gasteiger partial charge in [-0.15, -0.1) is 0 Å². The van der Waals surface area contributed by atoms with Crippen LogP contribution in [0.15, 0.2) is 85.0 Å². The smallest absolute Gasteiger partial charge is 0.251 e. The molecule has 2 rings (SSSR count). The van der Waals surface area contributed by atoms with E-state index in [4.69, 9.17) is 5.41 Å². The summed E-state index contributed by atoms with van der Waals surface area (Å²) in [6.45, 7) is 5.01. The maximum Gasteiger partial charge on any atom is 0.251 e. The van der Waals surface area contributed by atoms with E-state index in [1.54, 1.807) is 0 Å². The van der Waals surface area contributed by atoms with Gasteiger partial charge in [-0.25, -0.2) is 0 Å². The summed E-state index contributed by atoms with van der Waals surface area (Å²) in [5.41, 5.74) is 1.96. The highest BCUT2D eigenvalue weighted by Gasteiger charge is 2.26. The predicted molar refractivity (Wildman–Crippen MR) is 122 cm³/mol. The van der Waals surface area contributed by atoms with E-state index >= 15 is 0 Å². The van der Waals surface area contributed by atoms with Crippen LogP contribution in [0.2, 0.25) is 0 Å². The van der Waals surface area contributed by atoms with Crippen LogP contribution in [0.1, 0.15) is 18.1 Å². The largest absolute Gasteiger partial charge is 0.344 e. The average Bonchev–Trinajstić information content (AvgIpc) is 2.77. The molecule has 3 N–H and O–H groups in total. The van der Waals surface area contributed by atoms with Crippen molar-refractivity contribution in [3.05, 3.63) is 96.1 Å². The summed E-state index contributed by atoms with van der Waals surface area (Å²) in [4.78, 5) is 37.8. The molecular formula is C25H27N3O3. The lowest BCUT2D eigenvalue weighted by Gasteiger charge is -2.23. The Morgan fingerprint density at radius 2 is 1.42 bits per heavy atom. The zero-order valence-corrected chi connectivity index (χ0v) is 17.5. The molecular weight excluding hydrogens is 390 g/mol. The fourth-order valence-corrected chi connectivity index (χ4v) is 3.05. The number of benzene rings is 2. The fourth-order valence-electron chi connectivity index (χ4n) is 3.05. The number of hydrogen-bond donors (Lipinski definition) is 3. The summed E-state index contributed by atoms with van der Waals surface area (Å²) in [5, 5.41) is 12.7. The van der Waals surface area contributed by atoms with Crippen LogP contribution in [-0.4, -0.2) is 35.9 Å². The van der Waals surface area contributed by atoms with Crippen LogP contribution in [0.4, 0.5) is 0 Å². The van der Waals surface area contributed by atoms with Gasteiger partial charge < -0.3 is 16.0 Å². The van der Waals surface area contributed by atoms with Gasteiger partial charge in [-0.3, -0.25) is 14.4 Å². The lowest BCUT2D eigenvalue weighted by atomic mass is 10.0. The Morgan fingerprint density at radius 1 is 0.903 bits per heavy atom. The molecule has 0 spiro atoms. The van der Waals surface area contributed by atoms with Crippen LogP contribution in [0, 0.1) is 5.41 Å². The Morgan fingerprint density at radius 3 is 1.87 bits per heavy atom. The molecule has 0 radical (unpaired) electrons. The standard InChI is InChI=1S/C25H27N3O3/c1-3-21(14-15-26)24(30)28-23(17-20-12-8-5-9-13-20)25(31)27-22(18(2)29)16-19-10-6-4-7-11-19/h3-15,22-23,26H,1,16-17H2,2H3,(H,27,31)(H,28,30)/b21-14+,26-15?/t22-,23?/m0/s1. The highest BCUT2D eigenvalue weighted by Crippen LogP contribution is 2.08. The minimum Gasteiger partial charge on any atom is -0.344 e. The predicted octanol–water partition coefficient (Wildman–Crippen LogP) is 2.79. The Labute approximate surface area is 182 Å². The van der Waals surface area contributed by atoms with E-state index in [2.05, 4.69) is 17.2 Å². The molecule has 0 bridgehead atoms. The highest BCUT2D eigenvalue weighted by molar-refractivity contribution is 6.02. The van der Waals surface area contributed by atoms with Gasteiger partial charge in [0.25, 0.3) is 5.91 Å². The van der Waals surface area contributed by atoms with Gasteiger partial charge in [0.1, 0.15) is 6.04 Å². The fraction of sp³-hybridized carbons (Fsp3) is 0.200. The van der Waals surface area contributed by atoms with E-state index in [-0.39, 0.29) is 17.8 Å². The van der Waals surface area contributed by atoms with Crippen molar-refractivity contribution in [1.82, 2.24) is 10.6 Å². The van der Waals surface area contributed by atoms with Crippen LogP contribution >= 0.6 is 0 Å². The molecule has 0 aromatic heterocycles. The molecule has 0 aliphatic carbocycles. The van der Waals surface area contributed by atoms with Crippen LogP contribution in [0.25, 0.3) is 0 Å². The maximum absolute atomic E-state index is 13.1. The minimum atomic E-state index is -0.901. The van der Waals surface area contributed by atoms with E-state index < -0.39 is 23.9 Å². The number of hydrogen-bond acceptors (Lipinski definition) is 4. The molecule has 0 fully saturated rings. The van der Waals surface area contributed by atoms with E-state index in [0.29, 0.717) is 6.42 Å². The number of nitrogens with one attached hydrogen (secondary N) is 3.